The fraction of sp³-hybridized carbons (Fsp3) is 0.250. The monoisotopic (exact) mass is 361 g/mol. The Balaban J connectivity index is 1.75. The molecule has 2 N–H and O–H groups in total. The summed E-state index contributed by atoms with van der Waals surface area (Å²) in [6.45, 7) is 0.0199. The molecular formula is C16H15N3O5S. The van der Waals surface area contributed by atoms with Crippen LogP contribution in [0, 0.1) is 0 Å². The van der Waals surface area contributed by atoms with E-state index in [4.69, 9.17) is 9.84 Å². The number of carboxylic acids is 1. The van der Waals surface area contributed by atoms with E-state index in [9.17, 15) is 14.4 Å². The smallest absolute Gasteiger partial charge is 0.303 e. The number of anilines is 2. The van der Waals surface area contributed by atoms with Crippen molar-refractivity contribution in [1.29, 1.82) is 0 Å². The van der Waals surface area contributed by atoms with Gasteiger partial charge in [0.05, 0.1) is 17.8 Å². The molecule has 1 aromatic carbocycles. The zero-order valence-corrected chi connectivity index (χ0v) is 14.1. The Morgan fingerprint density at radius 2 is 2.20 bits per heavy atom. The number of amides is 2. The summed E-state index contributed by atoms with van der Waals surface area (Å²) in [4.78, 5) is 39.8. The minimum atomic E-state index is -1.02. The van der Waals surface area contributed by atoms with Crippen LogP contribution < -0.4 is 15.0 Å². The number of carbonyl (C=O) groups is 3. The average Bonchev–Trinajstić information content (AvgIpc) is 3.04. The van der Waals surface area contributed by atoms with E-state index < -0.39 is 11.9 Å². The number of nitrogens with one attached hydrogen (secondary N) is 1. The summed E-state index contributed by atoms with van der Waals surface area (Å²) < 4.78 is 5.39. The fourth-order valence-corrected chi connectivity index (χ4v) is 3.03. The molecule has 3 rings (SSSR count). The lowest BCUT2D eigenvalue weighted by atomic mass is 10.1. The lowest BCUT2D eigenvalue weighted by Crippen LogP contribution is -2.35. The van der Waals surface area contributed by atoms with Crippen molar-refractivity contribution in [3.05, 3.63) is 23.6 Å². The van der Waals surface area contributed by atoms with E-state index >= 15 is 0 Å². The normalized spacial score (nSPS) is 13.2. The molecule has 0 saturated heterocycles. The highest BCUT2D eigenvalue weighted by Crippen LogP contribution is 2.36. The minimum absolute atomic E-state index is 0.0199. The molecule has 8 nitrogen and oxygen atoms in total. The molecule has 2 heterocycles. The highest BCUT2D eigenvalue weighted by atomic mass is 32.1. The first-order valence-electron chi connectivity index (χ1n) is 7.45. The van der Waals surface area contributed by atoms with Crippen LogP contribution in [-0.4, -0.2) is 41.5 Å². The topological polar surface area (TPSA) is 109 Å². The summed E-state index contributed by atoms with van der Waals surface area (Å²) in [5.41, 5.74) is 2.09. The van der Waals surface area contributed by atoms with E-state index in [1.165, 1.54) is 16.2 Å². The molecule has 0 bridgehead atoms. The summed E-state index contributed by atoms with van der Waals surface area (Å²) in [6, 6.07) is 5.41. The number of thiazole rings is 1. The summed E-state index contributed by atoms with van der Waals surface area (Å²) in [5.74, 6) is -0.921. The maximum atomic E-state index is 11.7. The van der Waals surface area contributed by atoms with Crippen LogP contribution in [0.2, 0.25) is 0 Å². The number of hydrogen-bond acceptors (Lipinski definition) is 6. The molecule has 0 fully saturated rings. The second-order valence-corrected chi connectivity index (χ2v) is 6.26. The van der Waals surface area contributed by atoms with Crippen molar-refractivity contribution in [3.63, 3.8) is 0 Å². The van der Waals surface area contributed by atoms with Crippen molar-refractivity contribution in [1.82, 2.24) is 4.98 Å². The number of hydrogen-bond donors (Lipinski definition) is 2. The Kier molecular flexibility index (Phi) is 4.66. The van der Waals surface area contributed by atoms with Crippen LogP contribution in [0.15, 0.2) is 23.6 Å². The SMILES string of the molecule is CN1C(=O)COc2ccc(-c3csc(NC(=O)CCC(=O)O)n3)cc21. The Morgan fingerprint density at radius 3 is 2.96 bits per heavy atom. The second kappa shape index (κ2) is 6.89. The van der Waals surface area contributed by atoms with Crippen LogP contribution in [0.3, 0.4) is 0 Å². The van der Waals surface area contributed by atoms with Gasteiger partial charge < -0.3 is 20.1 Å². The minimum Gasteiger partial charge on any atom is -0.482 e. The molecule has 0 aliphatic carbocycles. The summed E-state index contributed by atoms with van der Waals surface area (Å²) in [5, 5.41) is 13.3. The largest absolute Gasteiger partial charge is 0.482 e. The highest BCUT2D eigenvalue weighted by Gasteiger charge is 2.23. The van der Waals surface area contributed by atoms with Crippen LogP contribution in [-0.2, 0) is 14.4 Å². The predicted octanol–water partition coefficient (Wildman–Crippen LogP) is 1.97. The standard InChI is InChI=1S/C16H15N3O5S/c1-19-11-6-9(2-3-12(11)24-7-14(19)21)10-8-25-16(17-10)18-13(20)4-5-15(22)23/h2-3,6,8H,4-5,7H2,1H3,(H,22,23)(H,17,18,20). The molecule has 0 spiro atoms. The van der Waals surface area contributed by atoms with Crippen LogP contribution in [0.1, 0.15) is 12.8 Å². The number of fused-ring (bicyclic) bond motifs is 1. The number of rotatable bonds is 5. The lowest BCUT2D eigenvalue weighted by molar-refractivity contribution is -0.138. The van der Waals surface area contributed by atoms with Gasteiger partial charge in [0.15, 0.2) is 11.7 Å². The third-order valence-electron chi connectivity index (χ3n) is 3.66. The number of aromatic nitrogens is 1. The first-order valence-corrected chi connectivity index (χ1v) is 8.33. The van der Waals surface area contributed by atoms with Gasteiger partial charge in [-0.25, -0.2) is 4.98 Å². The van der Waals surface area contributed by atoms with Crippen LogP contribution in [0.4, 0.5) is 10.8 Å². The number of aliphatic carboxylic acids is 1. The van der Waals surface area contributed by atoms with Gasteiger partial charge in [0.2, 0.25) is 5.91 Å². The average molecular weight is 361 g/mol. The van der Waals surface area contributed by atoms with Gasteiger partial charge in [0.25, 0.3) is 5.91 Å². The van der Waals surface area contributed by atoms with Gasteiger partial charge in [-0.2, -0.15) is 0 Å². The van der Waals surface area contributed by atoms with Crippen molar-refractivity contribution in [2.75, 3.05) is 23.9 Å². The van der Waals surface area contributed by atoms with Gasteiger partial charge in [0, 0.05) is 24.4 Å². The molecule has 0 saturated carbocycles. The molecule has 25 heavy (non-hydrogen) atoms. The number of likely N-dealkylation sites (N-methyl/N-ethyl adjacent to an activating group) is 1. The van der Waals surface area contributed by atoms with Crippen LogP contribution >= 0.6 is 11.3 Å². The first-order chi connectivity index (χ1) is 11.9. The molecule has 130 valence electrons. The maximum absolute atomic E-state index is 11.7. The third-order valence-corrected chi connectivity index (χ3v) is 4.42. The van der Waals surface area contributed by atoms with E-state index in [0.717, 1.165) is 5.56 Å². The van der Waals surface area contributed by atoms with Crippen LogP contribution in [0.25, 0.3) is 11.3 Å². The highest BCUT2D eigenvalue weighted by molar-refractivity contribution is 7.14. The molecule has 9 heteroatoms. The molecule has 1 aromatic heterocycles. The van der Waals surface area contributed by atoms with E-state index in [1.54, 1.807) is 24.6 Å². The number of nitrogens with zero attached hydrogens (tertiary/aromatic N) is 2. The number of benzene rings is 1. The Morgan fingerprint density at radius 1 is 1.40 bits per heavy atom. The second-order valence-electron chi connectivity index (χ2n) is 5.40. The number of carbonyl (C=O) groups excluding carboxylic acids is 2. The van der Waals surface area contributed by atoms with E-state index in [2.05, 4.69) is 10.3 Å². The van der Waals surface area contributed by atoms with Gasteiger partial charge in [-0.1, -0.05) is 0 Å². The Hall–Kier alpha value is -2.94. The quantitative estimate of drug-likeness (QED) is 0.843. The van der Waals surface area contributed by atoms with Gasteiger partial charge >= 0.3 is 5.97 Å². The van der Waals surface area contributed by atoms with Crippen molar-refractivity contribution < 1.29 is 24.2 Å². The molecule has 1 aliphatic rings. The number of ether oxygens (including phenoxy) is 1. The van der Waals surface area contributed by atoms with Gasteiger partial charge in [-0.15, -0.1) is 11.3 Å². The Labute approximate surface area is 147 Å². The van der Waals surface area contributed by atoms with Gasteiger partial charge in [0.1, 0.15) is 5.75 Å². The molecule has 2 aromatic rings. The van der Waals surface area contributed by atoms with E-state index in [-0.39, 0.29) is 25.4 Å². The van der Waals surface area contributed by atoms with Crippen molar-refractivity contribution in [3.8, 4) is 17.0 Å². The zero-order chi connectivity index (χ0) is 18.0. The molecule has 0 radical (unpaired) electrons. The lowest BCUT2D eigenvalue weighted by Gasteiger charge is -2.26. The summed E-state index contributed by atoms with van der Waals surface area (Å²) in [7, 11) is 1.68. The summed E-state index contributed by atoms with van der Waals surface area (Å²) in [6.07, 6.45) is -0.331. The predicted molar refractivity (Wildman–Crippen MR) is 92.0 cm³/mol. The van der Waals surface area contributed by atoms with Crippen molar-refractivity contribution in [2.45, 2.75) is 12.8 Å². The maximum Gasteiger partial charge on any atom is 0.303 e. The van der Waals surface area contributed by atoms with Gasteiger partial charge in [-0.3, -0.25) is 14.4 Å². The summed E-state index contributed by atoms with van der Waals surface area (Å²) >= 11 is 1.24. The third kappa shape index (κ3) is 3.77. The van der Waals surface area contributed by atoms with Crippen LogP contribution in [0.5, 0.6) is 5.75 Å². The molecule has 1 aliphatic heterocycles. The molecular weight excluding hydrogens is 346 g/mol. The van der Waals surface area contributed by atoms with E-state index in [0.29, 0.717) is 22.3 Å². The number of carboxylic acid groups (broad SMARTS) is 1. The van der Waals surface area contributed by atoms with E-state index in [1.807, 2.05) is 6.07 Å². The fourth-order valence-electron chi connectivity index (χ4n) is 2.30. The molecule has 0 atom stereocenters. The van der Waals surface area contributed by atoms with Crippen molar-refractivity contribution >= 4 is 39.9 Å². The zero-order valence-electron chi connectivity index (χ0n) is 13.3. The molecule has 0 unspecified atom stereocenters. The first kappa shape index (κ1) is 16.9. The Bertz CT molecular complexity index is 848. The van der Waals surface area contributed by atoms with Gasteiger partial charge in [-0.05, 0) is 18.2 Å². The van der Waals surface area contributed by atoms with Crippen molar-refractivity contribution in [2.24, 2.45) is 0 Å². The molecule has 2 amide bonds.